The average molecular weight is 234 g/mol. The summed E-state index contributed by atoms with van der Waals surface area (Å²) in [5, 5.41) is 1.08. The molecule has 0 saturated heterocycles. The number of hydroxylamine groups is 2. The largest absolute Gasteiger partial charge is 0.366 e. The first-order valence-corrected chi connectivity index (χ1v) is 4.87. The number of hydrogen-bond acceptors (Lipinski definition) is 4. The van der Waals surface area contributed by atoms with Gasteiger partial charge in [-0.05, 0) is 17.7 Å². The van der Waals surface area contributed by atoms with Crippen molar-refractivity contribution < 1.29 is 19.2 Å². The number of fused-ring (bicyclic) bond motifs is 1. The van der Waals surface area contributed by atoms with E-state index in [1.165, 1.54) is 19.2 Å². The monoisotopic (exact) mass is 234 g/mol. The quantitative estimate of drug-likeness (QED) is 0.735. The molecule has 17 heavy (non-hydrogen) atoms. The van der Waals surface area contributed by atoms with Crippen molar-refractivity contribution in [2.45, 2.75) is 6.61 Å². The number of carbonyl (C=O) groups excluding carboxylic acids is 3. The summed E-state index contributed by atoms with van der Waals surface area (Å²) in [6.45, 7) is 0.164. The van der Waals surface area contributed by atoms with Crippen molar-refractivity contribution in [1.82, 2.24) is 5.06 Å². The molecule has 2 rings (SSSR count). The lowest BCUT2D eigenvalue weighted by molar-refractivity contribution is -0.123. The zero-order valence-electron chi connectivity index (χ0n) is 9.10. The number of hydrogen-bond donors (Lipinski definition) is 1. The predicted octanol–water partition coefficient (Wildman–Crippen LogP) is 0.115. The second kappa shape index (κ2) is 3.99. The fourth-order valence-electron chi connectivity index (χ4n) is 1.69. The molecule has 0 radical (unpaired) electrons. The minimum absolute atomic E-state index is 0.0969. The van der Waals surface area contributed by atoms with Gasteiger partial charge in [-0.3, -0.25) is 19.2 Å². The summed E-state index contributed by atoms with van der Waals surface area (Å²) in [7, 11) is 1.48. The van der Waals surface area contributed by atoms with Gasteiger partial charge < -0.3 is 5.73 Å². The molecule has 0 bridgehead atoms. The van der Waals surface area contributed by atoms with Gasteiger partial charge in [-0.1, -0.05) is 0 Å². The van der Waals surface area contributed by atoms with Gasteiger partial charge in [-0.2, -0.15) is 0 Å². The van der Waals surface area contributed by atoms with Crippen molar-refractivity contribution in [3.05, 3.63) is 34.4 Å². The van der Waals surface area contributed by atoms with Gasteiger partial charge in [0, 0.05) is 23.7 Å². The third-order valence-electron chi connectivity index (χ3n) is 2.60. The fraction of sp³-hybridized carbons (Fsp3) is 0.182. The lowest BCUT2D eigenvalue weighted by Gasteiger charge is -2.24. The summed E-state index contributed by atoms with van der Waals surface area (Å²) in [4.78, 5) is 38.8. The van der Waals surface area contributed by atoms with E-state index < -0.39 is 5.91 Å². The predicted molar refractivity (Wildman–Crippen MR) is 57.2 cm³/mol. The van der Waals surface area contributed by atoms with E-state index in [4.69, 9.17) is 10.6 Å². The fourth-order valence-corrected chi connectivity index (χ4v) is 1.69. The van der Waals surface area contributed by atoms with Crippen molar-refractivity contribution in [3.63, 3.8) is 0 Å². The summed E-state index contributed by atoms with van der Waals surface area (Å²) in [5.74, 6) is -1.06. The summed E-state index contributed by atoms with van der Waals surface area (Å²) >= 11 is 0. The first kappa shape index (κ1) is 11.3. The first-order chi connectivity index (χ1) is 8.04. The molecule has 1 aliphatic rings. The Labute approximate surface area is 96.9 Å². The zero-order chi connectivity index (χ0) is 12.6. The van der Waals surface area contributed by atoms with Crippen LogP contribution in [-0.2, 0) is 11.4 Å². The Kier molecular flexibility index (Phi) is 2.64. The number of amides is 2. The maximum atomic E-state index is 11.7. The second-order valence-corrected chi connectivity index (χ2v) is 3.65. The van der Waals surface area contributed by atoms with E-state index in [1.807, 2.05) is 0 Å². The average Bonchev–Trinajstić information content (AvgIpc) is 2.32. The van der Waals surface area contributed by atoms with Crippen LogP contribution in [0.5, 0.6) is 0 Å². The molecule has 0 unspecified atom stereocenters. The van der Waals surface area contributed by atoms with Crippen molar-refractivity contribution >= 4 is 18.1 Å². The van der Waals surface area contributed by atoms with Crippen LogP contribution in [0.3, 0.4) is 0 Å². The van der Waals surface area contributed by atoms with Gasteiger partial charge in [0.2, 0.25) is 5.91 Å². The lowest BCUT2D eigenvalue weighted by atomic mass is 9.97. The molecule has 1 aromatic rings. The van der Waals surface area contributed by atoms with Crippen molar-refractivity contribution in [3.8, 4) is 0 Å². The minimum Gasteiger partial charge on any atom is -0.366 e. The van der Waals surface area contributed by atoms with Crippen LogP contribution in [0, 0.1) is 0 Å². The molecule has 0 fully saturated rings. The molecule has 0 saturated carbocycles. The van der Waals surface area contributed by atoms with Crippen LogP contribution < -0.4 is 5.73 Å². The molecule has 0 aromatic heterocycles. The molecule has 6 heteroatoms. The van der Waals surface area contributed by atoms with Gasteiger partial charge in [0.1, 0.15) is 6.61 Å². The van der Waals surface area contributed by atoms with E-state index in [2.05, 4.69) is 0 Å². The number of benzene rings is 1. The molecule has 88 valence electrons. The van der Waals surface area contributed by atoms with Crippen LogP contribution in [0.1, 0.15) is 36.6 Å². The molecule has 0 atom stereocenters. The van der Waals surface area contributed by atoms with Crippen LogP contribution in [0.2, 0.25) is 0 Å². The van der Waals surface area contributed by atoms with E-state index in [-0.39, 0.29) is 23.6 Å². The van der Waals surface area contributed by atoms with Crippen LogP contribution in [-0.4, -0.2) is 30.2 Å². The third-order valence-corrected chi connectivity index (χ3v) is 2.60. The smallest absolute Gasteiger partial charge is 0.277 e. The normalized spacial score (nSPS) is 14.4. The number of aldehydes is 1. The highest BCUT2D eigenvalue weighted by Crippen LogP contribution is 2.22. The summed E-state index contributed by atoms with van der Waals surface area (Å²) in [6.07, 6.45) is 0.503. The summed E-state index contributed by atoms with van der Waals surface area (Å²) in [6, 6.07) is 2.79. The maximum Gasteiger partial charge on any atom is 0.277 e. The highest BCUT2D eigenvalue weighted by molar-refractivity contribution is 6.04. The minimum atomic E-state index is -0.707. The van der Waals surface area contributed by atoms with Crippen LogP contribution in [0.15, 0.2) is 12.1 Å². The summed E-state index contributed by atoms with van der Waals surface area (Å²) < 4.78 is 0. The topological polar surface area (TPSA) is 89.7 Å². The number of nitrogens with zero attached hydrogens (tertiary/aromatic N) is 1. The molecule has 1 heterocycles. The number of primary amides is 1. The highest BCUT2D eigenvalue weighted by atomic mass is 16.7. The third kappa shape index (κ3) is 1.78. The van der Waals surface area contributed by atoms with Crippen LogP contribution in [0.25, 0.3) is 0 Å². The van der Waals surface area contributed by atoms with E-state index in [1.54, 1.807) is 0 Å². The molecule has 1 aromatic carbocycles. The molecule has 0 aliphatic carbocycles. The molecule has 1 aliphatic heterocycles. The Hall–Kier alpha value is -2.21. The van der Waals surface area contributed by atoms with Crippen molar-refractivity contribution in [2.24, 2.45) is 5.73 Å². The molecule has 0 spiro atoms. The molecule has 2 amide bonds. The number of rotatable bonds is 2. The number of nitrogens with two attached hydrogens (primary N) is 1. The van der Waals surface area contributed by atoms with Gasteiger partial charge in [0.05, 0.1) is 0 Å². The van der Waals surface area contributed by atoms with E-state index >= 15 is 0 Å². The van der Waals surface area contributed by atoms with Gasteiger partial charge in [0.25, 0.3) is 5.91 Å². The Balaban J connectivity index is 2.62. The van der Waals surface area contributed by atoms with Crippen LogP contribution in [0.4, 0.5) is 0 Å². The molecule has 2 N–H and O–H groups in total. The molecule has 6 nitrogen and oxygen atoms in total. The van der Waals surface area contributed by atoms with Gasteiger partial charge in [0.15, 0.2) is 6.29 Å². The number of carbonyl (C=O) groups is 3. The maximum absolute atomic E-state index is 11.7. The first-order valence-electron chi connectivity index (χ1n) is 4.87. The van der Waals surface area contributed by atoms with Crippen LogP contribution >= 0.6 is 0 Å². The standard InChI is InChI=1S/C11H10N2O4/c1-13-11(16)9-2-6(4-14)8(10(12)15)3-7(9)5-17-13/h2-4H,5H2,1H3,(H2,12,15). The van der Waals surface area contributed by atoms with Crippen molar-refractivity contribution in [1.29, 1.82) is 0 Å². The van der Waals surface area contributed by atoms with E-state index in [0.29, 0.717) is 17.4 Å². The zero-order valence-corrected chi connectivity index (χ0v) is 9.10. The Morgan fingerprint density at radius 3 is 2.82 bits per heavy atom. The Bertz CT molecular complexity index is 524. The molecular formula is C11H10N2O4. The second-order valence-electron chi connectivity index (χ2n) is 3.65. The Morgan fingerprint density at radius 2 is 2.24 bits per heavy atom. The van der Waals surface area contributed by atoms with E-state index in [9.17, 15) is 14.4 Å². The van der Waals surface area contributed by atoms with Gasteiger partial charge >= 0.3 is 0 Å². The van der Waals surface area contributed by atoms with Crippen molar-refractivity contribution in [2.75, 3.05) is 7.05 Å². The van der Waals surface area contributed by atoms with Gasteiger partial charge in [-0.15, -0.1) is 0 Å². The SMILES string of the molecule is CN1OCc2cc(C(N)=O)c(C=O)cc2C1=O. The Morgan fingerprint density at radius 1 is 1.53 bits per heavy atom. The highest BCUT2D eigenvalue weighted by Gasteiger charge is 2.25. The summed E-state index contributed by atoms with van der Waals surface area (Å²) in [5.41, 5.74) is 6.26. The van der Waals surface area contributed by atoms with Gasteiger partial charge in [-0.25, -0.2) is 5.06 Å². The molecular weight excluding hydrogens is 224 g/mol. The van der Waals surface area contributed by atoms with E-state index in [0.717, 1.165) is 5.06 Å². The lowest BCUT2D eigenvalue weighted by Crippen LogP contribution is -2.33.